The van der Waals surface area contributed by atoms with Crippen LogP contribution in [0.25, 0.3) is 23.0 Å². The molecule has 2 heterocycles. The lowest BCUT2D eigenvalue weighted by Gasteiger charge is -2.16. The van der Waals surface area contributed by atoms with E-state index in [1.807, 2.05) is 30.3 Å². The SMILES string of the molecule is COC(=O)Nc1ccc(-c2nc([C@H](Cc3ccccc3)NC(=O)C=Cc3cc(Cl)ccc3-n3ccnn3)[nH]c2Cl)cc1. The van der Waals surface area contributed by atoms with Crippen LogP contribution in [0.2, 0.25) is 10.2 Å². The number of rotatable bonds is 9. The first kappa shape index (κ1) is 28.6. The highest BCUT2D eigenvalue weighted by atomic mass is 35.5. The highest BCUT2D eigenvalue weighted by molar-refractivity contribution is 6.32. The van der Waals surface area contributed by atoms with E-state index in [0.717, 1.165) is 16.8 Å². The zero-order chi connectivity index (χ0) is 29.5. The summed E-state index contributed by atoms with van der Waals surface area (Å²) in [4.78, 5) is 32.6. The molecular weight excluding hydrogens is 577 g/mol. The number of nitrogens with one attached hydrogen (secondary N) is 3. The molecular formula is C30H25Cl2N7O3. The Morgan fingerprint density at radius 1 is 1.07 bits per heavy atom. The number of imidazole rings is 1. The number of ether oxygens (including phenoxy) is 1. The van der Waals surface area contributed by atoms with Gasteiger partial charge in [-0.1, -0.05) is 70.9 Å². The highest BCUT2D eigenvalue weighted by Gasteiger charge is 2.21. The summed E-state index contributed by atoms with van der Waals surface area (Å²) in [5.74, 6) is 0.149. The Labute approximate surface area is 251 Å². The number of benzene rings is 3. The Hall–Kier alpha value is -4.93. The fourth-order valence-corrected chi connectivity index (χ4v) is 4.69. The molecule has 42 heavy (non-hydrogen) atoms. The Morgan fingerprint density at radius 3 is 2.57 bits per heavy atom. The van der Waals surface area contributed by atoms with Crippen LogP contribution < -0.4 is 10.6 Å². The minimum atomic E-state index is -0.568. The summed E-state index contributed by atoms with van der Waals surface area (Å²) < 4.78 is 6.22. The van der Waals surface area contributed by atoms with Gasteiger partial charge in [-0.05, 0) is 48.4 Å². The maximum atomic E-state index is 13.2. The van der Waals surface area contributed by atoms with Gasteiger partial charge in [0.25, 0.3) is 0 Å². The number of hydrogen-bond acceptors (Lipinski definition) is 6. The Balaban J connectivity index is 1.39. The zero-order valence-electron chi connectivity index (χ0n) is 22.3. The van der Waals surface area contributed by atoms with Crippen LogP contribution in [0, 0.1) is 0 Å². The highest BCUT2D eigenvalue weighted by Crippen LogP contribution is 2.29. The van der Waals surface area contributed by atoms with Crippen LogP contribution in [0.5, 0.6) is 0 Å². The van der Waals surface area contributed by atoms with Crippen LogP contribution >= 0.6 is 23.2 Å². The average Bonchev–Trinajstić information content (AvgIpc) is 3.67. The fourth-order valence-electron chi connectivity index (χ4n) is 4.26. The van der Waals surface area contributed by atoms with E-state index in [2.05, 4.69) is 30.7 Å². The predicted octanol–water partition coefficient (Wildman–Crippen LogP) is 6.26. The fraction of sp³-hybridized carbons (Fsp3) is 0.100. The van der Waals surface area contributed by atoms with E-state index in [1.54, 1.807) is 65.6 Å². The number of methoxy groups -OCH3 is 1. The van der Waals surface area contributed by atoms with Crippen molar-refractivity contribution in [2.45, 2.75) is 12.5 Å². The van der Waals surface area contributed by atoms with Gasteiger partial charge in [0.15, 0.2) is 0 Å². The maximum Gasteiger partial charge on any atom is 0.411 e. The third-order valence-electron chi connectivity index (χ3n) is 6.27. The Kier molecular flexibility index (Phi) is 8.96. The molecule has 5 rings (SSSR count). The van der Waals surface area contributed by atoms with E-state index in [1.165, 1.54) is 13.2 Å². The summed E-state index contributed by atoms with van der Waals surface area (Å²) >= 11 is 12.8. The number of carbonyl (C=O) groups excluding carboxylic acids is 2. The molecule has 0 saturated heterocycles. The van der Waals surface area contributed by atoms with Gasteiger partial charge in [-0.15, -0.1) is 5.10 Å². The van der Waals surface area contributed by atoms with Crippen LogP contribution in [0.3, 0.4) is 0 Å². The van der Waals surface area contributed by atoms with Crippen LogP contribution in [-0.2, 0) is 16.0 Å². The lowest BCUT2D eigenvalue weighted by molar-refractivity contribution is -0.117. The number of halogens is 2. The number of nitrogens with zero attached hydrogens (tertiary/aromatic N) is 4. The number of H-pyrrole nitrogens is 1. The van der Waals surface area contributed by atoms with E-state index >= 15 is 0 Å². The Morgan fingerprint density at radius 2 is 1.86 bits per heavy atom. The van der Waals surface area contributed by atoms with Gasteiger partial charge in [0.2, 0.25) is 5.91 Å². The first-order valence-corrected chi connectivity index (χ1v) is 13.5. The van der Waals surface area contributed by atoms with E-state index in [0.29, 0.717) is 39.4 Å². The Bertz CT molecular complexity index is 1700. The molecule has 2 amide bonds. The third kappa shape index (κ3) is 7.03. The lowest BCUT2D eigenvalue weighted by atomic mass is 10.1. The second-order valence-electron chi connectivity index (χ2n) is 9.11. The van der Waals surface area contributed by atoms with Crippen molar-refractivity contribution < 1.29 is 14.3 Å². The van der Waals surface area contributed by atoms with Crippen molar-refractivity contribution in [1.29, 1.82) is 0 Å². The molecule has 0 aliphatic heterocycles. The topological polar surface area (TPSA) is 127 Å². The molecule has 3 aromatic carbocycles. The smallest absolute Gasteiger partial charge is 0.411 e. The van der Waals surface area contributed by atoms with Crippen LogP contribution in [-0.4, -0.2) is 44.1 Å². The van der Waals surface area contributed by atoms with Crippen molar-refractivity contribution in [3.8, 4) is 16.9 Å². The van der Waals surface area contributed by atoms with Crippen molar-refractivity contribution in [3.05, 3.63) is 118 Å². The molecule has 0 bridgehead atoms. The predicted molar refractivity (Wildman–Crippen MR) is 161 cm³/mol. The summed E-state index contributed by atoms with van der Waals surface area (Å²) in [5.41, 5.74) is 4.21. The third-order valence-corrected chi connectivity index (χ3v) is 6.78. The molecule has 0 fully saturated rings. The number of aromatic nitrogens is 5. The quantitative estimate of drug-likeness (QED) is 0.171. The number of amides is 2. The molecule has 212 valence electrons. The van der Waals surface area contributed by atoms with Gasteiger partial charge in [-0.25, -0.2) is 14.5 Å². The summed E-state index contributed by atoms with van der Waals surface area (Å²) in [6, 6.07) is 21.5. The largest absolute Gasteiger partial charge is 0.453 e. The van der Waals surface area contributed by atoms with Gasteiger partial charge in [0.05, 0.1) is 31.2 Å². The van der Waals surface area contributed by atoms with Crippen LogP contribution in [0.4, 0.5) is 10.5 Å². The molecule has 0 spiro atoms. The number of aromatic amines is 1. The zero-order valence-corrected chi connectivity index (χ0v) is 23.8. The number of hydrogen-bond donors (Lipinski definition) is 3. The van der Waals surface area contributed by atoms with Gasteiger partial charge in [0, 0.05) is 27.9 Å². The van der Waals surface area contributed by atoms with Crippen molar-refractivity contribution in [3.63, 3.8) is 0 Å². The summed E-state index contributed by atoms with van der Waals surface area (Å²) in [6.07, 6.45) is 6.27. The number of anilines is 1. The normalized spacial score (nSPS) is 11.8. The van der Waals surface area contributed by atoms with E-state index < -0.39 is 12.1 Å². The molecule has 0 aliphatic rings. The monoisotopic (exact) mass is 601 g/mol. The van der Waals surface area contributed by atoms with E-state index in [-0.39, 0.29) is 5.91 Å². The molecule has 10 nitrogen and oxygen atoms in total. The van der Waals surface area contributed by atoms with Gasteiger partial charge in [-0.2, -0.15) is 0 Å². The number of carbonyl (C=O) groups is 2. The van der Waals surface area contributed by atoms with Gasteiger partial charge in [0.1, 0.15) is 16.7 Å². The molecule has 1 atom stereocenters. The summed E-state index contributed by atoms with van der Waals surface area (Å²) in [6.45, 7) is 0. The molecule has 2 aromatic heterocycles. The first-order chi connectivity index (χ1) is 20.4. The van der Waals surface area contributed by atoms with Crippen molar-refractivity contribution in [2.24, 2.45) is 0 Å². The average molecular weight is 602 g/mol. The minimum absolute atomic E-state index is 0.318. The molecule has 3 N–H and O–H groups in total. The van der Waals surface area contributed by atoms with E-state index in [4.69, 9.17) is 28.2 Å². The molecule has 5 aromatic rings. The van der Waals surface area contributed by atoms with Crippen LogP contribution in [0.15, 0.2) is 91.3 Å². The van der Waals surface area contributed by atoms with Crippen LogP contribution in [0.1, 0.15) is 23.0 Å². The van der Waals surface area contributed by atoms with Crippen molar-refractivity contribution in [2.75, 3.05) is 12.4 Å². The summed E-state index contributed by atoms with van der Waals surface area (Å²) in [5, 5.41) is 14.4. The maximum absolute atomic E-state index is 13.2. The molecule has 12 heteroatoms. The van der Waals surface area contributed by atoms with Gasteiger partial charge >= 0.3 is 6.09 Å². The molecule has 0 aliphatic carbocycles. The second-order valence-corrected chi connectivity index (χ2v) is 9.93. The van der Waals surface area contributed by atoms with E-state index in [9.17, 15) is 9.59 Å². The van der Waals surface area contributed by atoms with Crippen molar-refractivity contribution in [1.82, 2.24) is 30.3 Å². The second kappa shape index (κ2) is 13.2. The van der Waals surface area contributed by atoms with Gasteiger partial charge in [-0.3, -0.25) is 10.1 Å². The molecule has 0 saturated carbocycles. The lowest BCUT2D eigenvalue weighted by Crippen LogP contribution is -2.29. The molecule has 0 unspecified atom stereocenters. The van der Waals surface area contributed by atoms with Crippen molar-refractivity contribution >= 4 is 47.0 Å². The summed E-state index contributed by atoms with van der Waals surface area (Å²) in [7, 11) is 1.29. The van der Waals surface area contributed by atoms with Gasteiger partial charge < -0.3 is 15.0 Å². The molecule has 0 radical (unpaired) electrons. The minimum Gasteiger partial charge on any atom is -0.453 e. The first-order valence-electron chi connectivity index (χ1n) is 12.8. The standard InChI is InChI=1S/C30H25Cl2N7O3/c1-42-30(41)34-23-11-7-20(8-12-23)27-28(32)37-29(36-27)24(17-19-5-3-2-4-6-19)35-26(40)14-9-21-18-22(31)10-13-25(21)39-16-15-33-38-39/h2-16,18,24H,17H2,1H3,(H,34,41)(H,35,40)(H,36,37)/t24-/m0/s1.